The Labute approximate surface area is 139 Å². The summed E-state index contributed by atoms with van der Waals surface area (Å²) < 4.78 is 17.0. The second kappa shape index (κ2) is 4.48. The number of hydrogen-bond acceptors (Lipinski definition) is 4. The number of ketones is 1. The summed E-state index contributed by atoms with van der Waals surface area (Å²) in [5, 5.41) is 0.973. The van der Waals surface area contributed by atoms with E-state index in [9.17, 15) is 4.79 Å². The first kappa shape index (κ1) is 13.8. The molecule has 0 amide bonds. The number of ether oxygens (including phenoxy) is 2. The van der Waals surface area contributed by atoms with Crippen LogP contribution in [-0.2, 0) is 16.8 Å². The molecule has 5 rings (SSSR count). The van der Waals surface area contributed by atoms with E-state index in [0.717, 1.165) is 33.4 Å². The summed E-state index contributed by atoms with van der Waals surface area (Å²) in [7, 11) is 1.59. The van der Waals surface area contributed by atoms with Crippen molar-refractivity contribution >= 4 is 16.8 Å². The third kappa shape index (κ3) is 1.74. The van der Waals surface area contributed by atoms with Crippen molar-refractivity contribution in [2.75, 3.05) is 13.7 Å². The van der Waals surface area contributed by atoms with Crippen molar-refractivity contribution < 1.29 is 18.7 Å². The van der Waals surface area contributed by atoms with E-state index < -0.39 is 0 Å². The van der Waals surface area contributed by atoms with Gasteiger partial charge in [0, 0.05) is 17.0 Å². The lowest BCUT2D eigenvalue weighted by molar-refractivity contribution is 0.103. The standard InChI is InChI=1S/C20H16O4/c1-20(10-23-20)17-8-13-14-7-11-5-3-4-6-12(11)19(21)18(14)16(22-2)9-15(13)24-17/h3-6,8-9H,7,10H2,1-2H3/t20-/m0/s1. The summed E-state index contributed by atoms with van der Waals surface area (Å²) in [6.45, 7) is 2.67. The molecule has 0 radical (unpaired) electrons. The van der Waals surface area contributed by atoms with E-state index in [4.69, 9.17) is 13.9 Å². The lowest BCUT2D eigenvalue weighted by Gasteiger charge is -2.21. The van der Waals surface area contributed by atoms with Crippen LogP contribution in [0.25, 0.3) is 11.0 Å². The van der Waals surface area contributed by atoms with Crippen LogP contribution in [0.1, 0.15) is 39.7 Å². The summed E-state index contributed by atoms with van der Waals surface area (Å²) in [6.07, 6.45) is 0.696. The number of hydrogen-bond donors (Lipinski definition) is 0. The van der Waals surface area contributed by atoms with Gasteiger partial charge in [0.25, 0.3) is 0 Å². The maximum absolute atomic E-state index is 13.0. The zero-order valence-corrected chi connectivity index (χ0v) is 13.5. The Morgan fingerprint density at radius 1 is 1.21 bits per heavy atom. The van der Waals surface area contributed by atoms with Crippen molar-refractivity contribution in [3.63, 3.8) is 0 Å². The minimum atomic E-state index is -0.338. The first-order valence-corrected chi connectivity index (χ1v) is 8.01. The molecule has 0 N–H and O–H groups in total. The van der Waals surface area contributed by atoms with E-state index in [1.165, 1.54) is 0 Å². The van der Waals surface area contributed by atoms with Gasteiger partial charge in [-0.3, -0.25) is 4.79 Å². The highest BCUT2D eigenvalue weighted by molar-refractivity contribution is 6.16. The van der Waals surface area contributed by atoms with Crippen molar-refractivity contribution in [3.05, 3.63) is 64.4 Å². The average Bonchev–Trinajstić information content (AvgIpc) is 3.19. The molecule has 1 fully saturated rings. The maximum atomic E-state index is 13.0. The van der Waals surface area contributed by atoms with Gasteiger partial charge in [-0.05, 0) is 30.5 Å². The second-order valence-electron chi connectivity index (χ2n) is 6.64. The molecule has 1 atom stereocenters. The summed E-state index contributed by atoms with van der Waals surface area (Å²) in [5.41, 5.74) is 3.83. The number of rotatable bonds is 2. The predicted octanol–water partition coefficient (Wildman–Crippen LogP) is 3.82. The number of carbonyl (C=O) groups excluding carboxylic acids is 1. The molecule has 2 aromatic carbocycles. The SMILES string of the molecule is COc1cc2oc([C@]3(C)CO3)cc2c2c1C(=O)c1ccccc1C2. The molecule has 3 aromatic rings. The van der Waals surface area contributed by atoms with Crippen LogP contribution in [0.4, 0.5) is 0 Å². The molecule has 0 bridgehead atoms. The lowest BCUT2D eigenvalue weighted by Crippen LogP contribution is -2.16. The van der Waals surface area contributed by atoms with Crippen molar-refractivity contribution in [2.45, 2.75) is 18.9 Å². The van der Waals surface area contributed by atoms with Gasteiger partial charge >= 0.3 is 0 Å². The first-order chi connectivity index (χ1) is 11.6. The molecule has 1 aliphatic carbocycles. The fourth-order valence-electron chi connectivity index (χ4n) is 3.55. The minimum absolute atomic E-state index is 0.0160. The summed E-state index contributed by atoms with van der Waals surface area (Å²) in [6, 6.07) is 11.6. The highest BCUT2D eigenvalue weighted by Gasteiger charge is 2.45. The van der Waals surface area contributed by atoms with E-state index >= 15 is 0 Å². The second-order valence-corrected chi connectivity index (χ2v) is 6.64. The van der Waals surface area contributed by atoms with Gasteiger partial charge in [-0.15, -0.1) is 0 Å². The lowest BCUT2D eigenvalue weighted by atomic mass is 9.83. The molecule has 1 saturated heterocycles. The van der Waals surface area contributed by atoms with Crippen LogP contribution in [0, 0.1) is 0 Å². The number of fused-ring (bicyclic) bond motifs is 4. The average molecular weight is 320 g/mol. The molecule has 0 unspecified atom stereocenters. The number of carbonyl (C=O) groups is 1. The van der Waals surface area contributed by atoms with E-state index in [1.807, 2.05) is 43.3 Å². The fraction of sp³-hybridized carbons (Fsp3) is 0.250. The van der Waals surface area contributed by atoms with E-state index in [1.54, 1.807) is 7.11 Å². The van der Waals surface area contributed by atoms with Gasteiger partial charge in [0.05, 0.1) is 19.3 Å². The third-order valence-corrected chi connectivity index (χ3v) is 5.07. The molecule has 4 heteroatoms. The highest BCUT2D eigenvalue weighted by Crippen LogP contribution is 2.44. The predicted molar refractivity (Wildman–Crippen MR) is 88.8 cm³/mol. The number of methoxy groups -OCH3 is 1. The fourth-order valence-corrected chi connectivity index (χ4v) is 3.55. The Hall–Kier alpha value is -2.59. The van der Waals surface area contributed by atoms with Crippen molar-refractivity contribution in [1.29, 1.82) is 0 Å². The summed E-state index contributed by atoms with van der Waals surface area (Å²) >= 11 is 0. The van der Waals surface area contributed by atoms with E-state index in [2.05, 4.69) is 0 Å². The maximum Gasteiger partial charge on any atom is 0.197 e. The molecule has 0 saturated carbocycles. The van der Waals surface area contributed by atoms with Gasteiger partial charge in [0.15, 0.2) is 5.78 Å². The Bertz CT molecular complexity index is 1010. The van der Waals surface area contributed by atoms with Gasteiger partial charge in [0.1, 0.15) is 22.7 Å². The van der Waals surface area contributed by atoms with Crippen molar-refractivity contribution in [1.82, 2.24) is 0 Å². The van der Waals surface area contributed by atoms with Crippen LogP contribution in [-0.4, -0.2) is 19.5 Å². The van der Waals surface area contributed by atoms with E-state index in [0.29, 0.717) is 24.3 Å². The van der Waals surface area contributed by atoms with Crippen molar-refractivity contribution in [3.8, 4) is 5.75 Å². The number of benzene rings is 2. The molecule has 1 aromatic heterocycles. The summed E-state index contributed by atoms with van der Waals surface area (Å²) in [5.74, 6) is 1.39. The van der Waals surface area contributed by atoms with Crippen LogP contribution >= 0.6 is 0 Å². The molecule has 2 aliphatic rings. The Morgan fingerprint density at radius 3 is 2.75 bits per heavy atom. The molecule has 0 spiro atoms. The Morgan fingerprint density at radius 2 is 2.00 bits per heavy atom. The number of furan rings is 1. The van der Waals surface area contributed by atoms with Gasteiger partial charge in [-0.2, -0.15) is 0 Å². The first-order valence-electron chi connectivity index (χ1n) is 8.01. The van der Waals surface area contributed by atoms with Gasteiger partial charge in [-0.1, -0.05) is 24.3 Å². The molecule has 24 heavy (non-hydrogen) atoms. The molecule has 120 valence electrons. The van der Waals surface area contributed by atoms with Gasteiger partial charge in [-0.25, -0.2) is 0 Å². The Balaban J connectivity index is 1.80. The van der Waals surface area contributed by atoms with Crippen LogP contribution in [0.3, 0.4) is 0 Å². The smallest absolute Gasteiger partial charge is 0.197 e. The Kier molecular flexibility index (Phi) is 2.58. The molecule has 4 nitrogen and oxygen atoms in total. The quantitative estimate of drug-likeness (QED) is 0.527. The summed E-state index contributed by atoms with van der Waals surface area (Å²) in [4.78, 5) is 13.0. The topological polar surface area (TPSA) is 52.0 Å². The minimum Gasteiger partial charge on any atom is -0.496 e. The number of epoxide rings is 1. The van der Waals surface area contributed by atoms with Crippen LogP contribution in [0.2, 0.25) is 0 Å². The molecule has 1 aliphatic heterocycles. The van der Waals surface area contributed by atoms with Crippen LogP contribution in [0.15, 0.2) is 40.8 Å². The zero-order valence-electron chi connectivity index (χ0n) is 13.5. The van der Waals surface area contributed by atoms with Crippen LogP contribution in [0.5, 0.6) is 5.75 Å². The zero-order chi connectivity index (χ0) is 16.5. The largest absolute Gasteiger partial charge is 0.496 e. The van der Waals surface area contributed by atoms with Gasteiger partial charge in [0.2, 0.25) is 0 Å². The molecular weight excluding hydrogens is 304 g/mol. The third-order valence-electron chi connectivity index (χ3n) is 5.07. The van der Waals surface area contributed by atoms with Gasteiger partial charge < -0.3 is 13.9 Å². The highest BCUT2D eigenvalue weighted by atomic mass is 16.6. The normalized spacial score (nSPS) is 21.5. The van der Waals surface area contributed by atoms with E-state index in [-0.39, 0.29) is 11.4 Å². The monoisotopic (exact) mass is 320 g/mol. The van der Waals surface area contributed by atoms with Crippen molar-refractivity contribution in [2.24, 2.45) is 0 Å². The molecule has 2 heterocycles. The molecular formula is C20H16O4. The van der Waals surface area contributed by atoms with Crippen LogP contribution < -0.4 is 4.74 Å².